The van der Waals surface area contributed by atoms with Gasteiger partial charge in [-0.05, 0) is 31.4 Å². The van der Waals surface area contributed by atoms with Gasteiger partial charge in [0.25, 0.3) is 5.89 Å². The van der Waals surface area contributed by atoms with Crippen LogP contribution in [0.1, 0.15) is 37.1 Å². The quantitative estimate of drug-likeness (QED) is 0.936. The molecule has 1 fully saturated rings. The molecule has 21 heavy (non-hydrogen) atoms. The van der Waals surface area contributed by atoms with Crippen LogP contribution < -0.4 is 10.1 Å². The molecule has 1 aliphatic carbocycles. The maximum absolute atomic E-state index is 5.93. The van der Waals surface area contributed by atoms with Gasteiger partial charge in [0, 0.05) is 7.11 Å². The minimum absolute atomic E-state index is 0.268. The third-order valence-electron chi connectivity index (χ3n) is 4.31. The van der Waals surface area contributed by atoms with Gasteiger partial charge in [-0.15, -0.1) is 0 Å². The Morgan fingerprint density at radius 1 is 1.33 bits per heavy atom. The normalized spacial score (nSPS) is 22.6. The van der Waals surface area contributed by atoms with Gasteiger partial charge in [-0.3, -0.25) is 0 Å². The fraction of sp³-hybridized carbons (Fsp3) is 0.467. The number of ether oxygens (including phenoxy) is 2. The van der Waals surface area contributed by atoms with Gasteiger partial charge in [-0.1, -0.05) is 17.3 Å². The van der Waals surface area contributed by atoms with Crippen molar-refractivity contribution in [3.8, 4) is 5.75 Å². The van der Waals surface area contributed by atoms with Crippen molar-refractivity contribution < 1.29 is 14.0 Å². The van der Waals surface area contributed by atoms with Gasteiger partial charge >= 0.3 is 0 Å². The van der Waals surface area contributed by atoms with Gasteiger partial charge in [-0.2, -0.15) is 4.98 Å². The molecule has 2 heterocycles. The monoisotopic (exact) mass is 287 g/mol. The smallest absolute Gasteiger partial charge is 0.269 e. The molecule has 1 aromatic carbocycles. The predicted molar refractivity (Wildman–Crippen MR) is 75.1 cm³/mol. The van der Waals surface area contributed by atoms with Crippen LogP contribution in [-0.2, 0) is 10.3 Å². The molecule has 6 heteroatoms. The second-order valence-electron chi connectivity index (χ2n) is 5.49. The Kier molecular flexibility index (Phi) is 2.85. The lowest BCUT2D eigenvalue weighted by molar-refractivity contribution is -0.0858. The molecule has 1 saturated carbocycles. The van der Waals surface area contributed by atoms with E-state index in [4.69, 9.17) is 14.0 Å². The number of para-hydroxylation sites is 2. The summed E-state index contributed by atoms with van der Waals surface area (Å²) in [4.78, 5) is 4.50. The van der Waals surface area contributed by atoms with E-state index in [1.54, 1.807) is 7.11 Å². The molecule has 2 aliphatic rings. The molecule has 0 saturated heterocycles. The van der Waals surface area contributed by atoms with E-state index in [1.165, 1.54) is 0 Å². The molecule has 1 atom stereocenters. The lowest BCUT2D eigenvalue weighted by Gasteiger charge is -2.37. The van der Waals surface area contributed by atoms with E-state index in [0.29, 0.717) is 18.3 Å². The van der Waals surface area contributed by atoms with E-state index in [2.05, 4.69) is 15.5 Å². The highest BCUT2D eigenvalue weighted by atomic mass is 16.5. The Labute approximate surface area is 122 Å². The third-order valence-corrected chi connectivity index (χ3v) is 4.31. The number of hydrogen-bond donors (Lipinski definition) is 1. The summed E-state index contributed by atoms with van der Waals surface area (Å²) in [7, 11) is 1.70. The number of nitrogens with zero attached hydrogens (tertiary/aromatic N) is 2. The highest BCUT2D eigenvalue weighted by Crippen LogP contribution is 2.43. The lowest BCUT2D eigenvalue weighted by Crippen LogP contribution is -2.37. The van der Waals surface area contributed by atoms with Crippen molar-refractivity contribution in [1.29, 1.82) is 0 Å². The molecule has 1 N–H and O–H groups in total. The molecular formula is C15H17N3O3. The van der Waals surface area contributed by atoms with Crippen LogP contribution in [0.25, 0.3) is 0 Å². The van der Waals surface area contributed by atoms with Gasteiger partial charge < -0.3 is 19.3 Å². The van der Waals surface area contributed by atoms with Crippen molar-refractivity contribution in [1.82, 2.24) is 10.1 Å². The first-order valence-corrected chi connectivity index (χ1v) is 7.19. The molecule has 2 aromatic rings. The molecule has 4 rings (SSSR count). The van der Waals surface area contributed by atoms with Crippen molar-refractivity contribution in [2.24, 2.45) is 0 Å². The fourth-order valence-electron chi connectivity index (χ4n) is 2.82. The molecule has 110 valence electrons. The maximum Gasteiger partial charge on any atom is 0.269 e. The summed E-state index contributed by atoms with van der Waals surface area (Å²) in [5, 5.41) is 7.41. The van der Waals surface area contributed by atoms with Gasteiger partial charge in [-0.25, -0.2) is 0 Å². The second kappa shape index (κ2) is 4.73. The first-order valence-electron chi connectivity index (χ1n) is 7.19. The number of benzene rings is 1. The maximum atomic E-state index is 5.93. The van der Waals surface area contributed by atoms with Crippen molar-refractivity contribution >= 4 is 5.69 Å². The van der Waals surface area contributed by atoms with Crippen molar-refractivity contribution in [3.05, 3.63) is 36.0 Å². The zero-order valence-corrected chi connectivity index (χ0v) is 11.8. The van der Waals surface area contributed by atoms with Gasteiger partial charge in [0.05, 0.1) is 12.2 Å². The molecule has 0 radical (unpaired) electrons. The second-order valence-corrected chi connectivity index (χ2v) is 5.49. The number of nitrogens with one attached hydrogen (secondary N) is 1. The highest BCUT2D eigenvalue weighted by Gasteiger charge is 2.44. The molecule has 1 aromatic heterocycles. The summed E-state index contributed by atoms with van der Waals surface area (Å²) in [6, 6.07) is 7.82. The molecule has 0 spiro atoms. The van der Waals surface area contributed by atoms with Crippen LogP contribution >= 0.6 is 0 Å². The zero-order valence-electron chi connectivity index (χ0n) is 11.8. The SMILES string of the molecule is COC1(c2noc(C3CNc4ccccc4O3)n2)CCC1. The fourth-order valence-corrected chi connectivity index (χ4v) is 2.82. The number of anilines is 1. The number of methoxy groups -OCH3 is 1. The van der Waals surface area contributed by atoms with E-state index in [0.717, 1.165) is 30.7 Å². The van der Waals surface area contributed by atoms with Gasteiger partial charge in [0.1, 0.15) is 11.4 Å². The lowest BCUT2D eigenvalue weighted by atomic mass is 9.79. The molecule has 0 bridgehead atoms. The molecular weight excluding hydrogens is 270 g/mol. The topological polar surface area (TPSA) is 69.4 Å². The van der Waals surface area contributed by atoms with Gasteiger partial charge in [0.2, 0.25) is 5.82 Å². The summed E-state index contributed by atoms with van der Waals surface area (Å²) in [6.45, 7) is 0.610. The minimum Gasteiger partial charge on any atom is -0.477 e. The Bertz CT molecular complexity index is 646. The Morgan fingerprint density at radius 2 is 2.19 bits per heavy atom. The minimum atomic E-state index is -0.359. The van der Waals surface area contributed by atoms with E-state index in [1.807, 2.05) is 24.3 Å². The first-order chi connectivity index (χ1) is 10.3. The first kappa shape index (κ1) is 12.6. The summed E-state index contributed by atoms with van der Waals surface area (Å²) in [5.41, 5.74) is 0.628. The summed E-state index contributed by atoms with van der Waals surface area (Å²) in [6.07, 6.45) is 2.74. The number of aromatic nitrogens is 2. The average Bonchev–Trinajstić information content (AvgIpc) is 2.96. The van der Waals surface area contributed by atoms with Crippen LogP contribution in [0.15, 0.2) is 28.8 Å². The van der Waals surface area contributed by atoms with E-state index in [9.17, 15) is 0 Å². The molecule has 0 amide bonds. The number of fused-ring (bicyclic) bond motifs is 1. The van der Waals surface area contributed by atoms with Crippen molar-refractivity contribution in [3.63, 3.8) is 0 Å². The Morgan fingerprint density at radius 3 is 2.95 bits per heavy atom. The molecule has 6 nitrogen and oxygen atoms in total. The van der Waals surface area contributed by atoms with Crippen LogP contribution in [0.2, 0.25) is 0 Å². The summed E-state index contributed by atoms with van der Waals surface area (Å²) >= 11 is 0. The average molecular weight is 287 g/mol. The molecule has 1 unspecified atom stereocenters. The Hall–Kier alpha value is -2.08. The molecule has 1 aliphatic heterocycles. The van der Waals surface area contributed by atoms with Crippen LogP contribution in [0.4, 0.5) is 5.69 Å². The predicted octanol–water partition coefficient (Wildman–Crippen LogP) is 2.64. The van der Waals surface area contributed by atoms with Crippen molar-refractivity contribution in [2.45, 2.75) is 31.0 Å². The van der Waals surface area contributed by atoms with E-state index in [-0.39, 0.29) is 11.7 Å². The van der Waals surface area contributed by atoms with E-state index >= 15 is 0 Å². The third kappa shape index (κ3) is 1.98. The van der Waals surface area contributed by atoms with Gasteiger partial charge in [0.15, 0.2) is 6.10 Å². The Balaban J connectivity index is 1.57. The number of rotatable bonds is 3. The largest absolute Gasteiger partial charge is 0.477 e. The van der Waals surface area contributed by atoms with Crippen molar-refractivity contribution in [2.75, 3.05) is 19.0 Å². The van der Waals surface area contributed by atoms with Crippen LogP contribution in [0.5, 0.6) is 5.75 Å². The number of hydrogen-bond acceptors (Lipinski definition) is 6. The highest BCUT2D eigenvalue weighted by molar-refractivity contribution is 5.57. The summed E-state index contributed by atoms with van der Waals surface area (Å²) < 4.78 is 16.9. The zero-order chi connectivity index (χ0) is 14.3. The van der Waals surface area contributed by atoms with E-state index < -0.39 is 0 Å². The van der Waals surface area contributed by atoms with Crippen LogP contribution in [0.3, 0.4) is 0 Å². The summed E-state index contributed by atoms with van der Waals surface area (Å²) in [5.74, 6) is 1.93. The van der Waals surface area contributed by atoms with Crippen LogP contribution in [-0.4, -0.2) is 23.8 Å². The van der Waals surface area contributed by atoms with Crippen LogP contribution in [0, 0.1) is 0 Å². The standard InChI is InChI=1S/C15H17N3O3/c1-19-15(7-4-8-15)14-17-13(21-18-14)12-9-16-10-5-2-3-6-11(10)20-12/h2-3,5-6,12,16H,4,7-9H2,1H3.